The van der Waals surface area contributed by atoms with Crippen LogP contribution in [0.25, 0.3) is 6.08 Å². The molecule has 0 aliphatic carbocycles. The van der Waals surface area contributed by atoms with E-state index in [0.29, 0.717) is 10.1 Å². The van der Waals surface area contributed by atoms with Crippen LogP contribution < -0.4 is 5.32 Å². The van der Waals surface area contributed by atoms with Gasteiger partial charge in [0.2, 0.25) is 0 Å². The standard InChI is InChI=1S/C20H18N2OS/c1-14-11-12-15(2)17(13-14)21-20-22-19(23)18(24-20)10-6-9-16-7-4-3-5-8-16/h3-13H,1-2H3,(H,21,22,23)/b9-6+,18-10-. The Kier molecular flexibility index (Phi) is 4.96. The Hall–Kier alpha value is -2.59. The van der Waals surface area contributed by atoms with E-state index in [1.54, 1.807) is 0 Å². The molecule has 4 heteroatoms. The average molecular weight is 334 g/mol. The lowest BCUT2D eigenvalue weighted by Crippen LogP contribution is -2.19. The summed E-state index contributed by atoms with van der Waals surface area (Å²) in [5, 5.41) is 3.44. The number of aliphatic imine (C=N–C) groups is 1. The Bertz CT molecular complexity index is 851. The third kappa shape index (κ3) is 4.03. The second-order valence-corrected chi connectivity index (χ2v) is 6.59. The molecule has 1 N–H and O–H groups in total. The molecule has 2 aromatic rings. The van der Waals surface area contributed by atoms with E-state index in [0.717, 1.165) is 22.4 Å². The Labute approximate surface area is 146 Å². The highest BCUT2D eigenvalue weighted by Gasteiger charge is 2.23. The fourth-order valence-electron chi connectivity index (χ4n) is 2.26. The molecule has 0 spiro atoms. The summed E-state index contributed by atoms with van der Waals surface area (Å²) >= 11 is 1.36. The maximum atomic E-state index is 12.1. The molecule has 1 heterocycles. The van der Waals surface area contributed by atoms with Crippen LogP contribution >= 0.6 is 11.8 Å². The normalized spacial score (nSPS) is 17.8. The second kappa shape index (κ2) is 7.32. The number of hydrogen-bond donors (Lipinski definition) is 1. The predicted molar refractivity (Wildman–Crippen MR) is 102 cm³/mol. The molecular formula is C20H18N2OS. The Morgan fingerprint density at radius 3 is 2.67 bits per heavy atom. The SMILES string of the molecule is Cc1ccc(C)c(N=C2NC(=O)/C(=C/C=C/c3ccccc3)S2)c1. The van der Waals surface area contributed by atoms with Crippen molar-refractivity contribution in [2.45, 2.75) is 13.8 Å². The average Bonchev–Trinajstić information content (AvgIpc) is 2.92. The van der Waals surface area contributed by atoms with Gasteiger partial charge in [0.1, 0.15) is 0 Å². The molecular weight excluding hydrogens is 316 g/mol. The zero-order valence-corrected chi connectivity index (χ0v) is 14.4. The fraction of sp³-hybridized carbons (Fsp3) is 0.100. The number of amidine groups is 1. The lowest BCUT2D eigenvalue weighted by atomic mass is 10.1. The number of carbonyl (C=O) groups excluding carboxylic acids is 1. The molecule has 3 nitrogen and oxygen atoms in total. The molecule has 1 amide bonds. The Morgan fingerprint density at radius 1 is 1.08 bits per heavy atom. The van der Waals surface area contributed by atoms with Gasteiger partial charge in [-0.1, -0.05) is 54.6 Å². The minimum atomic E-state index is -0.109. The summed E-state index contributed by atoms with van der Waals surface area (Å²) < 4.78 is 0. The van der Waals surface area contributed by atoms with Gasteiger partial charge in [0.25, 0.3) is 5.91 Å². The molecule has 0 unspecified atom stereocenters. The van der Waals surface area contributed by atoms with Crippen molar-refractivity contribution in [3.63, 3.8) is 0 Å². The molecule has 1 saturated heterocycles. The van der Waals surface area contributed by atoms with Crippen molar-refractivity contribution in [3.8, 4) is 0 Å². The van der Waals surface area contributed by atoms with Gasteiger partial charge in [-0.05, 0) is 54.4 Å². The smallest absolute Gasteiger partial charge is 0.264 e. The molecule has 0 saturated carbocycles. The first-order valence-electron chi connectivity index (χ1n) is 7.70. The van der Waals surface area contributed by atoms with Crippen LogP contribution in [-0.4, -0.2) is 11.1 Å². The molecule has 0 radical (unpaired) electrons. The first-order chi connectivity index (χ1) is 11.6. The molecule has 1 aliphatic rings. The molecule has 1 aliphatic heterocycles. The van der Waals surface area contributed by atoms with Gasteiger partial charge in [0, 0.05) is 0 Å². The lowest BCUT2D eigenvalue weighted by Gasteiger charge is -2.02. The zero-order valence-electron chi connectivity index (χ0n) is 13.6. The topological polar surface area (TPSA) is 41.5 Å². The van der Waals surface area contributed by atoms with Gasteiger partial charge < -0.3 is 5.32 Å². The fourth-order valence-corrected chi connectivity index (χ4v) is 3.04. The van der Waals surface area contributed by atoms with Crippen LogP contribution in [-0.2, 0) is 4.79 Å². The quantitative estimate of drug-likeness (QED) is 0.823. The van der Waals surface area contributed by atoms with E-state index >= 15 is 0 Å². The number of nitrogens with zero attached hydrogens (tertiary/aromatic N) is 1. The zero-order chi connectivity index (χ0) is 16.9. The number of aryl methyl sites for hydroxylation is 2. The van der Waals surface area contributed by atoms with E-state index in [4.69, 9.17) is 0 Å². The largest absolute Gasteiger partial charge is 0.300 e. The highest BCUT2D eigenvalue weighted by atomic mass is 32.2. The summed E-state index contributed by atoms with van der Waals surface area (Å²) in [5.74, 6) is -0.109. The van der Waals surface area contributed by atoms with Crippen LogP contribution in [0.2, 0.25) is 0 Å². The van der Waals surface area contributed by atoms with Crippen molar-refractivity contribution < 1.29 is 4.79 Å². The summed E-state index contributed by atoms with van der Waals surface area (Å²) in [7, 11) is 0. The van der Waals surface area contributed by atoms with Crippen LogP contribution in [0.15, 0.2) is 70.6 Å². The highest BCUT2D eigenvalue weighted by molar-refractivity contribution is 8.18. The predicted octanol–water partition coefficient (Wildman–Crippen LogP) is 4.75. The van der Waals surface area contributed by atoms with E-state index in [9.17, 15) is 4.79 Å². The number of carbonyl (C=O) groups is 1. The molecule has 0 atom stereocenters. The van der Waals surface area contributed by atoms with E-state index in [-0.39, 0.29) is 5.91 Å². The lowest BCUT2D eigenvalue weighted by molar-refractivity contribution is -0.115. The monoisotopic (exact) mass is 334 g/mol. The Morgan fingerprint density at radius 2 is 1.88 bits per heavy atom. The van der Waals surface area contributed by atoms with Crippen LogP contribution in [0.5, 0.6) is 0 Å². The third-order valence-electron chi connectivity index (χ3n) is 3.57. The number of benzene rings is 2. The van der Waals surface area contributed by atoms with Crippen LogP contribution in [0, 0.1) is 13.8 Å². The first-order valence-corrected chi connectivity index (χ1v) is 8.52. The van der Waals surface area contributed by atoms with Gasteiger partial charge >= 0.3 is 0 Å². The van der Waals surface area contributed by atoms with Crippen LogP contribution in [0.1, 0.15) is 16.7 Å². The van der Waals surface area contributed by atoms with Crippen LogP contribution in [0.3, 0.4) is 0 Å². The van der Waals surface area contributed by atoms with Crippen LogP contribution in [0.4, 0.5) is 5.69 Å². The minimum Gasteiger partial charge on any atom is -0.300 e. The summed E-state index contributed by atoms with van der Waals surface area (Å²) in [6.45, 7) is 4.04. The summed E-state index contributed by atoms with van der Waals surface area (Å²) in [6, 6.07) is 16.1. The van der Waals surface area contributed by atoms with Crippen molar-refractivity contribution in [2.75, 3.05) is 0 Å². The maximum absolute atomic E-state index is 12.1. The van der Waals surface area contributed by atoms with E-state index < -0.39 is 0 Å². The molecule has 2 aromatic carbocycles. The Balaban J connectivity index is 1.76. The van der Waals surface area contributed by atoms with Gasteiger partial charge in [-0.15, -0.1) is 0 Å². The molecule has 0 bridgehead atoms. The molecule has 1 fully saturated rings. The van der Waals surface area contributed by atoms with Gasteiger partial charge in [0.15, 0.2) is 5.17 Å². The first kappa shape index (κ1) is 16.3. The third-order valence-corrected chi connectivity index (χ3v) is 4.50. The summed E-state index contributed by atoms with van der Waals surface area (Å²) in [4.78, 5) is 17.3. The van der Waals surface area contributed by atoms with Gasteiger partial charge in [-0.3, -0.25) is 4.79 Å². The maximum Gasteiger partial charge on any atom is 0.264 e. The molecule has 24 heavy (non-hydrogen) atoms. The van der Waals surface area contributed by atoms with E-state index in [2.05, 4.69) is 16.4 Å². The number of allylic oxidation sites excluding steroid dienone is 2. The number of amides is 1. The van der Waals surface area contributed by atoms with Crippen molar-refractivity contribution in [1.82, 2.24) is 5.32 Å². The van der Waals surface area contributed by atoms with Gasteiger partial charge in [0.05, 0.1) is 10.6 Å². The van der Waals surface area contributed by atoms with Crippen molar-refractivity contribution >= 4 is 34.6 Å². The molecule has 0 aromatic heterocycles. The summed E-state index contributed by atoms with van der Waals surface area (Å²) in [6.07, 6.45) is 5.68. The van der Waals surface area contributed by atoms with Crippen molar-refractivity contribution in [3.05, 3.63) is 82.3 Å². The summed E-state index contributed by atoms with van der Waals surface area (Å²) in [5.41, 5.74) is 4.22. The van der Waals surface area contributed by atoms with Gasteiger partial charge in [-0.2, -0.15) is 0 Å². The van der Waals surface area contributed by atoms with Crippen molar-refractivity contribution in [2.24, 2.45) is 4.99 Å². The van der Waals surface area contributed by atoms with E-state index in [1.165, 1.54) is 11.8 Å². The van der Waals surface area contributed by atoms with E-state index in [1.807, 2.05) is 74.5 Å². The van der Waals surface area contributed by atoms with Crippen molar-refractivity contribution in [1.29, 1.82) is 0 Å². The number of rotatable bonds is 3. The number of thioether (sulfide) groups is 1. The number of hydrogen-bond acceptors (Lipinski definition) is 3. The van der Waals surface area contributed by atoms with Gasteiger partial charge in [-0.25, -0.2) is 4.99 Å². The second-order valence-electron chi connectivity index (χ2n) is 5.56. The molecule has 3 rings (SSSR count). The number of nitrogens with one attached hydrogen (secondary N) is 1. The highest BCUT2D eigenvalue weighted by Crippen LogP contribution is 2.28. The minimum absolute atomic E-state index is 0.109. The molecule has 120 valence electrons.